The van der Waals surface area contributed by atoms with E-state index in [1.165, 1.54) is 10.9 Å². The minimum Gasteiger partial charge on any atom is -0.369 e. The van der Waals surface area contributed by atoms with Gasteiger partial charge in [0.05, 0.1) is 17.2 Å². The molecule has 0 radical (unpaired) electrons. The largest absolute Gasteiger partial charge is 0.369 e. The molecule has 1 aromatic heterocycles. The fourth-order valence-electron chi connectivity index (χ4n) is 3.15. The van der Waals surface area contributed by atoms with Gasteiger partial charge >= 0.3 is 0 Å². The number of fused-ring (bicyclic) bond motifs is 1. The van der Waals surface area contributed by atoms with Gasteiger partial charge in [-0.3, -0.25) is 9.88 Å². The average Bonchev–Trinajstić information content (AvgIpc) is 2.46. The maximum atomic E-state index is 6.08. The molecule has 2 heterocycles. The van der Waals surface area contributed by atoms with Gasteiger partial charge in [-0.15, -0.1) is 0 Å². The van der Waals surface area contributed by atoms with Crippen molar-refractivity contribution in [2.24, 2.45) is 0 Å². The summed E-state index contributed by atoms with van der Waals surface area (Å²) in [6.45, 7) is 7.19. The van der Waals surface area contributed by atoms with Crippen LogP contribution in [0.4, 0.5) is 0 Å². The van der Waals surface area contributed by atoms with Crippen LogP contribution in [0.2, 0.25) is 0 Å². The van der Waals surface area contributed by atoms with Gasteiger partial charge in [-0.25, -0.2) is 0 Å². The molecule has 4 heteroatoms. The Balaban J connectivity index is 1.84. The van der Waals surface area contributed by atoms with Crippen molar-refractivity contribution in [1.29, 1.82) is 0 Å². The van der Waals surface area contributed by atoms with Crippen LogP contribution in [0.1, 0.15) is 19.4 Å². The Kier molecular flexibility index (Phi) is 4.29. The number of ether oxygens (including phenoxy) is 1. The van der Waals surface area contributed by atoms with Crippen LogP contribution < -0.4 is 0 Å². The smallest absolute Gasteiger partial charge is 0.0806 e. The summed E-state index contributed by atoms with van der Waals surface area (Å²) in [5.41, 5.74) is 2.31. The van der Waals surface area contributed by atoms with Crippen molar-refractivity contribution in [3.8, 4) is 0 Å². The van der Waals surface area contributed by atoms with Gasteiger partial charge in [-0.1, -0.05) is 34.1 Å². The fraction of sp³-hybridized carbons (Fsp3) is 0.471. The van der Waals surface area contributed by atoms with Crippen molar-refractivity contribution in [3.05, 3.63) is 42.1 Å². The highest BCUT2D eigenvalue weighted by Crippen LogP contribution is 2.25. The number of morpholine rings is 1. The van der Waals surface area contributed by atoms with E-state index < -0.39 is 0 Å². The lowest BCUT2D eigenvalue weighted by Gasteiger charge is -2.42. The predicted molar refractivity (Wildman–Crippen MR) is 89.8 cm³/mol. The molecule has 2 aromatic rings. The van der Waals surface area contributed by atoms with Crippen molar-refractivity contribution in [1.82, 2.24) is 9.88 Å². The Bertz CT molecular complexity index is 624. The predicted octanol–water partition coefficient (Wildman–Crippen LogP) is 3.61. The van der Waals surface area contributed by atoms with Crippen LogP contribution in [0.25, 0.3) is 10.9 Å². The topological polar surface area (TPSA) is 25.4 Å². The molecule has 3 nitrogen and oxygen atoms in total. The monoisotopic (exact) mass is 348 g/mol. The van der Waals surface area contributed by atoms with Gasteiger partial charge in [0, 0.05) is 36.5 Å². The minimum atomic E-state index is -0.0977. The molecule has 0 bridgehead atoms. The molecular weight excluding hydrogens is 328 g/mol. The van der Waals surface area contributed by atoms with E-state index in [0.29, 0.717) is 0 Å². The van der Waals surface area contributed by atoms with Crippen LogP contribution in [0.5, 0.6) is 0 Å². The summed E-state index contributed by atoms with van der Waals surface area (Å²) >= 11 is 3.55. The first-order chi connectivity index (χ1) is 10.1. The van der Waals surface area contributed by atoms with Crippen molar-refractivity contribution in [3.63, 3.8) is 0 Å². The molecule has 1 saturated heterocycles. The molecule has 1 unspecified atom stereocenters. The fourth-order valence-corrected chi connectivity index (χ4v) is 3.49. The van der Waals surface area contributed by atoms with Crippen molar-refractivity contribution in [2.45, 2.75) is 32.1 Å². The maximum absolute atomic E-state index is 6.08. The lowest BCUT2D eigenvalue weighted by Crippen LogP contribution is -2.52. The summed E-state index contributed by atoms with van der Waals surface area (Å²) in [5.74, 6) is 0. The van der Waals surface area contributed by atoms with E-state index >= 15 is 0 Å². The van der Waals surface area contributed by atoms with Crippen LogP contribution in [0, 0.1) is 0 Å². The molecule has 1 aliphatic heterocycles. The second kappa shape index (κ2) is 6.03. The van der Waals surface area contributed by atoms with E-state index in [0.717, 1.165) is 30.5 Å². The van der Waals surface area contributed by atoms with Gasteiger partial charge in [0.15, 0.2) is 0 Å². The standard InChI is InChI=1S/C17H21BrN2O/c1-17(2)12-20(11-14(9-18)21-17)10-13-7-8-19-16-6-4-3-5-15(13)16/h3-8,14H,9-12H2,1-2H3. The molecule has 21 heavy (non-hydrogen) atoms. The average molecular weight is 349 g/mol. The Labute approximate surface area is 134 Å². The number of pyridine rings is 1. The highest BCUT2D eigenvalue weighted by atomic mass is 79.9. The SMILES string of the molecule is CC1(C)CN(Cc2ccnc3ccccc23)CC(CBr)O1. The summed E-state index contributed by atoms with van der Waals surface area (Å²) < 4.78 is 6.08. The number of para-hydroxylation sites is 1. The molecule has 0 amide bonds. The summed E-state index contributed by atoms with van der Waals surface area (Å²) in [6.07, 6.45) is 2.16. The number of halogens is 1. The number of nitrogens with zero attached hydrogens (tertiary/aromatic N) is 2. The molecule has 0 saturated carbocycles. The van der Waals surface area contributed by atoms with Crippen molar-refractivity contribution in [2.75, 3.05) is 18.4 Å². The second-order valence-corrected chi connectivity index (χ2v) is 6.96. The number of aromatic nitrogens is 1. The summed E-state index contributed by atoms with van der Waals surface area (Å²) in [6, 6.07) is 10.5. The van der Waals surface area contributed by atoms with E-state index in [1.54, 1.807) is 0 Å². The normalized spacial score (nSPS) is 22.5. The van der Waals surface area contributed by atoms with E-state index in [2.05, 4.69) is 63.9 Å². The number of hydrogen-bond donors (Lipinski definition) is 0. The van der Waals surface area contributed by atoms with Gasteiger partial charge in [0.1, 0.15) is 0 Å². The van der Waals surface area contributed by atoms with E-state index in [4.69, 9.17) is 4.74 Å². The molecule has 1 aliphatic rings. The molecule has 1 aromatic carbocycles. The highest BCUT2D eigenvalue weighted by Gasteiger charge is 2.32. The molecule has 1 atom stereocenters. The van der Waals surface area contributed by atoms with E-state index in [9.17, 15) is 0 Å². The van der Waals surface area contributed by atoms with Crippen molar-refractivity contribution < 1.29 is 4.74 Å². The van der Waals surface area contributed by atoms with Gasteiger partial charge in [0.25, 0.3) is 0 Å². The van der Waals surface area contributed by atoms with Gasteiger partial charge in [0.2, 0.25) is 0 Å². The van der Waals surface area contributed by atoms with Gasteiger partial charge in [-0.2, -0.15) is 0 Å². The van der Waals surface area contributed by atoms with Crippen LogP contribution in [-0.4, -0.2) is 40.0 Å². The maximum Gasteiger partial charge on any atom is 0.0806 e. The Hall–Kier alpha value is -0.970. The Morgan fingerprint density at radius 1 is 1.33 bits per heavy atom. The molecule has 0 aliphatic carbocycles. The van der Waals surface area contributed by atoms with Crippen LogP contribution >= 0.6 is 15.9 Å². The first-order valence-corrected chi connectivity index (χ1v) is 8.48. The molecule has 112 valence electrons. The number of alkyl halides is 1. The lowest BCUT2D eigenvalue weighted by molar-refractivity contribution is -0.128. The second-order valence-electron chi connectivity index (χ2n) is 6.31. The third-order valence-electron chi connectivity index (χ3n) is 3.86. The minimum absolute atomic E-state index is 0.0977. The number of hydrogen-bond acceptors (Lipinski definition) is 3. The molecule has 0 spiro atoms. The molecule has 3 rings (SSSR count). The summed E-state index contributed by atoms with van der Waals surface area (Å²) in [5, 5.41) is 2.13. The zero-order valence-corrected chi connectivity index (χ0v) is 14.1. The van der Waals surface area contributed by atoms with Gasteiger partial charge in [-0.05, 0) is 31.5 Å². The first-order valence-electron chi connectivity index (χ1n) is 7.36. The molecular formula is C17H21BrN2O. The Morgan fingerprint density at radius 3 is 2.95 bits per heavy atom. The third kappa shape index (κ3) is 3.44. The quantitative estimate of drug-likeness (QED) is 0.792. The van der Waals surface area contributed by atoms with E-state index in [-0.39, 0.29) is 11.7 Å². The lowest BCUT2D eigenvalue weighted by atomic mass is 10.0. The summed E-state index contributed by atoms with van der Waals surface area (Å²) in [7, 11) is 0. The molecule has 1 fully saturated rings. The van der Waals surface area contributed by atoms with Crippen molar-refractivity contribution >= 4 is 26.8 Å². The third-order valence-corrected chi connectivity index (χ3v) is 4.58. The van der Waals surface area contributed by atoms with Gasteiger partial charge < -0.3 is 4.74 Å². The van der Waals surface area contributed by atoms with Crippen LogP contribution in [0.15, 0.2) is 36.5 Å². The summed E-state index contributed by atoms with van der Waals surface area (Å²) in [4.78, 5) is 6.93. The van der Waals surface area contributed by atoms with Crippen LogP contribution in [0.3, 0.4) is 0 Å². The zero-order valence-electron chi connectivity index (χ0n) is 12.6. The molecule has 0 N–H and O–H groups in total. The Morgan fingerprint density at radius 2 is 2.14 bits per heavy atom. The number of rotatable bonds is 3. The first kappa shape index (κ1) is 14.9. The van der Waals surface area contributed by atoms with Crippen LogP contribution in [-0.2, 0) is 11.3 Å². The number of benzene rings is 1. The van der Waals surface area contributed by atoms with E-state index in [1.807, 2.05) is 12.3 Å². The zero-order chi connectivity index (χ0) is 14.9. The highest BCUT2D eigenvalue weighted by molar-refractivity contribution is 9.09.